The lowest BCUT2D eigenvalue weighted by molar-refractivity contribution is -0.116. The summed E-state index contributed by atoms with van der Waals surface area (Å²) in [5.41, 5.74) is 0.768. The summed E-state index contributed by atoms with van der Waals surface area (Å²) in [5, 5.41) is 0.137. The van der Waals surface area contributed by atoms with Crippen LogP contribution < -0.4 is 0 Å². The second-order valence-electron chi connectivity index (χ2n) is 8.71. The molecule has 0 aliphatic carbocycles. The van der Waals surface area contributed by atoms with Crippen molar-refractivity contribution in [1.82, 2.24) is 0 Å². The van der Waals surface area contributed by atoms with Gasteiger partial charge in [0.05, 0.1) is 24.9 Å². The van der Waals surface area contributed by atoms with Crippen molar-refractivity contribution in [3.8, 4) is 0 Å². The van der Waals surface area contributed by atoms with E-state index >= 15 is 0 Å². The van der Waals surface area contributed by atoms with Gasteiger partial charge in [0, 0.05) is 7.11 Å². The van der Waals surface area contributed by atoms with Gasteiger partial charge in [0.25, 0.3) is 0 Å². The maximum Gasteiger partial charge on any atom is 0.192 e. The fraction of sp³-hybridized carbons (Fsp3) is 0.636. The van der Waals surface area contributed by atoms with Gasteiger partial charge in [-0.3, -0.25) is 0 Å². The molecule has 0 fully saturated rings. The molecule has 1 rings (SSSR count). The van der Waals surface area contributed by atoms with Crippen LogP contribution in [0.3, 0.4) is 0 Å². The zero-order valence-corrected chi connectivity index (χ0v) is 18.8. The van der Waals surface area contributed by atoms with Crippen molar-refractivity contribution in [2.45, 2.75) is 77.0 Å². The van der Waals surface area contributed by atoms with Crippen molar-refractivity contribution >= 4 is 8.32 Å². The molecule has 26 heavy (non-hydrogen) atoms. The molecule has 0 amide bonds. The molecule has 2 atom stereocenters. The van der Waals surface area contributed by atoms with E-state index in [2.05, 4.69) is 59.5 Å². The molecule has 0 aromatic heterocycles. The van der Waals surface area contributed by atoms with Gasteiger partial charge in [-0.15, -0.1) is 6.58 Å². The predicted molar refractivity (Wildman–Crippen MR) is 113 cm³/mol. The number of benzene rings is 1. The minimum atomic E-state index is -1.95. The average molecular weight is 379 g/mol. The number of allylic oxidation sites excluding steroid dienone is 1. The zero-order chi connectivity index (χ0) is 19.8. The van der Waals surface area contributed by atoms with Crippen molar-refractivity contribution in [2.24, 2.45) is 0 Å². The summed E-state index contributed by atoms with van der Waals surface area (Å²) in [6.45, 7) is 18.4. The standard InChI is InChI=1S/C22H38O3Si/c1-9-10-16-22(5,23-6)20(25-26(7,8)21(2,3)4)18-24-17-19-14-12-11-13-15-19/h9,11-15,20H,1,10,16-18H2,2-8H3/t20-,22-/m1/s1. The highest BCUT2D eigenvalue weighted by Gasteiger charge is 2.44. The normalized spacial score (nSPS) is 16.1. The maximum absolute atomic E-state index is 6.75. The molecular weight excluding hydrogens is 340 g/mol. The second-order valence-corrected chi connectivity index (χ2v) is 13.5. The molecule has 0 aliphatic heterocycles. The van der Waals surface area contributed by atoms with Gasteiger partial charge in [-0.2, -0.15) is 0 Å². The largest absolute Gasteiger partial charge is 0.409 e. The van der Waals surface area contributed by atoms with Crippen LogP contribution in [0.25, 0.3) is 0 Å². The topological polar surface area (TPSA) is 27.7 Å². The molecule has 0 saturated heterocycles. The highest BCUT2D eigenvalue weighted by atomic mass is 28.4. The molecule has 1 aromatic carbocycles. The number of hydrogen-bond donors (Lipinski definition) is 0. The van der Waals surface area contributed by atoms with Crippen LogP contribution in [-0.2, 0) is 20.5 Å². The van der Waals surface area contributed by atoms with Crippen LogP contribution in [0.15, 0.2) is 43.0 Å². The third kappa shape index (κ3) is 6.65. The van der Waals surface area contributed by atoms with E-state index < -0.39 is 13.9 Å². The Morgan fingerprint density at radius 3 is 2.23 bits per heavy atom. The van der Waals surface area contributed by atoms with Crippen LogP contribution in [0.4, 0.5) is 0 Å². The van der Waals surface area contributed by atoms with E-state index in [0.29, 0.717) is 13.2 Å². The maximum atomic E-state index is 6.75. The van der Waals surface area contributed by atoms with Crippen LogP contribution in [-0.4, -0.2) is 33.7 Å². The number of ether oxygens (including phenoxy) is 2. The molecule has 0 spiro atoms. The van der Waals surface area contributed by atoms with E-state index in [1.54, 1.807) is 7.11 Å². The van der Waals surface area contributed by atoms with E-state index in [1.165, 1.54) is 5.56 Å². The Kier molecular flexibility index (Phi) is 8.74. The Morgan fingerprint density at radius 2 is 1.73 bits per heavy atom. The van der Waals surface area contributed by atoms with Crippen molar-refractivity contribution < 1.29 is 13.9 Å². The second kappa shape index (κ2) is 9.84. The molecule has 0 aliphatic rings. The molecule has 4 heteroatoms. The molecule has 1 aromatic rings. The Hall–Kier alpha value is -0.943. The summed E-state index contributed by atoms with van der Waals surface area (Å²) >= 11 is 0. The first-order valence-corrected chi connectivity index (χ1v) is 12.4. The minimum absolute atomic E-state index is 0.114. The average Bonchev–Trinajstić information content (AvgIpc) is 2.58. The minimum Gasteiger partial charge on any atom is -0.409 e. The van der Waals surface area contributed by atoms with Crippen molar-refractivity contribution in [1.29, 1.82) is 0 Å². The van der Waals surface area contributed by atoms with Gasteiger partial charge < -0.3 is 13.9 Å². The summed E-state index contributed by atoms with van der Waals surface area (Å²) in [7, 11) is -0.182. The predicted octanol–water partition coefficient (Wildman–Crippen LogP) is 5.96. The molecule has 0 heterocycles. The Labute approximate surface area is 161 Å². The van der Waals surface area contributed by atoms with Crippen LogP contribution in [0, 0.1) is 0 Å². The van der Waals surface area contributed by atoms with Gasteiger partial charge >= 0.3 is 0 Å². The van der Waals surface area contributed by atoms with Crippen LogP contribution in [0.2, 0.25) is 18.1 Å². The lowest BCUT2D eigenvalue weighted by Crippen LogP contribution is -2.53. The van der Waals surface area contributed by atoms with Gasteiger partial charge in [-0.1, -0.05) is 57.2 Å². The summed E-state index contributed by atoms with van der Waals surface area (Å²) in [5.74, 6) is 0. The highest BCUT2D eigenvalue weighted by Crippen LogP contribution is 2.39. The molecule has 3 nitrogen and oxygen atoms in total. The third-order valence-electron chi connectivity index (χ3n) is 5.62. The molecule has 148 valence electrons. The first-order valence-electron chi connectivity index (χ1n) is 9.51. The Morgan fingerprint density at radius 1 is 1.12 bits per heavy atom. The summed E-state index contributed by atoms with van der Waals surface area (Å²) in [4.78, 5) is 0. The molecule has 0 radical (unpaired) electrons. The van der Waals surface area contributed by atoms with Crippen molar-refractivity contribution in [3.63, 3.8) is 0 Å². The Bertz CT molecular complexity index is 536. The first kappa shape index (κ1) is 23.1. The lowest BCUT2D eigenvalue weighted by atomic mass is 9.93. The van der Waals surface area contributed by atoms with Crippen LogP contribution in [0.5, 0.6) is 0 Å². The molecule has 0 bridgehead atoms. The molecule has 0 unspecified atom stereocenters. The van der Waals surface area contributed by atoms with Gasteiger partial charge in [-0.05, 0) is 43.5 Å². The van der Waals surface area contributed by atoms with E-state index in [4.69, 9.17) is 13.9 Å². The smallest absolute Gasteiger partial charge is 0.192 e. The summed E-state index contributed by atoms with van der Waals surface area (Å²) in [6.07, 6.45) is 3.57. The lowest BCUT2D eigenvalue weighted by Gasteiger charge is -2.44. The van der Waals surface area contributed by atoms with E-state index in [9.17, 15) is 0 Å². The SMILES string of the molecule is C=CCC[C@@](C)(OC)[C@@H](COCc1ccccc1)O[Si](C)(C)C(C)(C)C. The van der Waals surface area contributed by atoms with Crippen LogP contribution >= 0.6 is 0 Å². The summed E-state index contributed by atoms with van der Waals surface area (Å²) in [6, 6.07) is 10.2. The first-order chi connectivity index (χ1) is 12.1. The van der Waals surface area contributed by atoms with E-state index in [0.717, 1.165) is 12.8 Å². The molecule has 0 N–H and O–H groups in total. The van der Waals surface area contributed by atoms with E-state index in [-0.39, 0.29) is 11.1 Å². The monoisotopic (exact) mass is 378 g/mol. The third-order valence-corrected chi connectivity index (χ3v) is 10.1. The van der Waals surface area contributed by atoms with Crippen LogP contribution in [0.1, 0.15) is 46.1 Å². The quantitative estimate of drug-likeness (QED) is 0.351. The fourth-order valence-electron chi connectivity index (χ4n) is 2.51. The fourth-order valence-corrected chi connectivity index (χ4v) is 3.89. The van der Waals surface area contributed by atoms with Crippen molar-refractivity contribution in [2.75, 3.05) is 13.7 Å². The van der Waals surface area contributed by atoms with E-state index in [1.807, 2.05) is 24.3 Å². The Balaban J connectivity index is 2.91. The highest BCUT2D eigenvalue weighted by molar-refractivity contribution is 6.74. The van der Waals surface area contributed by atoms with Gasteiger partial charge in [-0.25, -0.2) is 0 Å². The molecule has 0 saturated carbocycles. The van der Waals surface area contributed by atoms with Crippen molar-refractivity contribution in [3.05, 3.63) is 48.6 Å². The van der Waals surface area contributed by atoms with Gasteiger partial charge in [0.1, 0.15) is 0 Å². The van der Waals surface area contributed by atoms with Gasteiger partial charge in [0.15, 0.2) is 8.32 Å². The zero-order valence-electron chi connectivity index (χ0n) is 17.8. The number of rotatable bonds is 11. The summed E-state index contributed by atoms with van der Waals surface area (Å²) < 4.78 is 18.7. The molecular formula is C22H38O3Si. The van der Waals surface area contributed by atoms with Gasteiger partial charge in [0.2, 0.25) is 0 Å². The number of methoxy groups -OCH3 is 1. The number of hydrogen-bond acceptors (Lipinski definition) is 3.